The molecule has 3 nitrogen and oxygen atoms in total. The van der Waals surface area contributed by atoms with Crippen LogP contribution in [-0.4, -0.2) is 13.2 Å². The Bertz CT molecular complexity index is 458. The summed E-state index contributed by atoms with van der Waals surface area (Å²) in [5.41, 5.74) is 1.56. The molecule has 0 radical (unpaired) electrons. The first kappa shape index (κ1) is 10.8. The van der Waals surface area contributed by atoms with E-state index in [-0.39, 0.29) is 5.41 Å². The molecule has 2 rings (SSSR count). The zero-order valence-corrected chi connectivity index (χ0v) is 9.83. The van der Waals surface area contributed by atoms with E-state index in [9.17, 15) is 0 Å². The molecule has 16 heavy (non-hydrogen) atoms. The lowest BCUT2D eigenvalue weighted by molar-refractivity contribution is 0.140. The van der Waals surface area contributed by atoms with Crippen molar-refractivity contribution in [3.8, 4) is 17.6 Å². The number of fused-ring (bicyclic) bond motifs is 1. The fourth-order valence-electron chi connectivity index (χ4n) is 1.60. The monoisotopic (exact) mass is 217 g/mol. The van der Waals surface area contributed by atoms with Crippen molar-refractivity contribution >= 4 is 0 Å². The third-order valence-corrected chi connectivity index (χ3v) is 2.65. The summed E-state index contributed by atoms with van der Waals surface area (Å²) in [5.74, 6) is 1.41. The predicted molar refractivity (Wildman–Crippen MR) is 60.7 cm³/mol. The van der Waals surface area contributed by atoms with Gasteiger partial charge >= 0.3 is 0 Å². The number of nitrogens with zero attached hydrogens (tertiary/aromatic N) is 1. The third-order valence-electron chi connectivity index (χ3n) is 2.65. The Kier molecular flexibility index (Phi) is 2.51. The minimum Gasteiger partial charge on any atom is -0.489 e. The summed E-state index contributed by atoms with van der Waals surface area (Å²) in [5, 5.41) is 8.95. The molecule has 1 aromatic carbocycles. The van der Waals surface area contributed by atoms with E-state index in [4.69, 9.17) is 14.7 Å². The molecular formula is C13H15NO2. The molecule has 0 atom stereocenters. The number of ether oxygens (including phenoxy) is 2. The van der Waals surface area contributed by atoms with Crippen LogP contribution in [0.3, 0.4) is 0 Å². The van der Waals surface area contributed by atoms with Crippen LogP contribution in [0.5, 0.6) is 11.5 Å². The van der Waals surface area contributed by atoms with Crippen molar-refractivity contribution in [2.24, 2.45) is 5.41 Å². The maximum absolute atomic E-state index is 8.95. The van der Waals surface area contributed by atoms with Gasteiger partial charge in [0.2, 0.25) is 0 Å². The lowest BCUT2D eigenvalue weighted by Crippen LogP contribution is -2.26. The van der Waals surface area contributed by atoms with Crippen molar-refractivity contribution in [3.05, 3.63) is 23.3 Å². The smallest absolute Gasteiger partial charge is 0.162 e. The summed E-state index contributed by atoms with van der Waals surface area (Å²) in [6, 6.07) is 5.78. The van der Waals surface area contributed by atoms with Crippen LogP contribution in [0.15, 0.2) is 12.1 Å². The van der Waals surface area contributed by atoms with Crippen LogP contribution >= 0.6 is 0 Å². The first-order valence-corrected chi connectivity index (χ1v) is 5.32. The first-order chi connectivity index (χ1) is 7.52. The van der Waals surface area contributed by atoms with Gasteiger partial charge in [-0.1, -0.05) is 13.8 Å². The Hall–Kier alpha value is -1.69. The molecule has 0 spiro atoms. The quantitative estimate of drug-likeness (QED) is 0.671. The molecule has 0 unspecified atom stereocenters. The van der Waals surface area contributed by atoms with Gasteiger partial charge in [0.25, 0.3) is 0 Å². The number of rotatable bonds is 0. The molecule has 0 bridgehead atoms. The highest BCUT2D eigenvalue weighted by molar-refractivity contribution is 5.51. The van der Waals surface area contributed by atoms with Crippen LogP contribution in [0, 0.1) is 23.7 Å². The van der Waals surface area contributed by atoms with E-state index in [1.165, 1.54) is 0 Å². The molecular weight excluding hydrogens is 202 g/mol. The number of nitriles is 1. The number of aryl methyl sites for hydroxylation is 1. The molecule has 0 aliphatic carbocycles. The average Bonchev–Trinajstić information content (AvgIpc) is 2.38. The molecule has 0 saturated carbocycles. The SMILES string of the molecule is Cc1cc2c(cc1C#N)OCC(C)(C)CO2. The van der Waals surface area contributed by atoms with Crippen LogP contribution in [0.25, 0.3) is 0 Å². The lowest BCUT2D eigenvalue weighted by atomic mass is 9.97. The molecule has 84 valence electrons. The van der Waals surface area contributed by atoms with E-state index >= 15 is 0 Å². The molecule has 3 heteroatoms. The van der Waals surface area contributed by atoms with Crippen molar-refractivity contribution in [2.75, 3.05) is 13.2 Å². The van der Waals surface area contributed by atoms with Gasteiger partial charge < -0.3 is 9.47 Å². The van der Waals surface area contributed by atoms with Crippen LogP contribution in [-0.2, 0) is 0 Å². The second-order valence-electron chi connectivity index (χ2n) is 4.97. The zero-order chi connectivity index (χ0) is 11.8. The van der Waals surface area contributed by atoms with Crippen molar-refractivity contribution in [3.63, 3.8) is 0 Å². The summed E-state index contributed by atoms with van der Waals surface area (Å²) in [6.45, 7) is 7.32. The van der Waals surface area contributed by atoms with Crippen molar-refractivity contribution in [1.82, 2.24) is 0 Å². The van der Waals surface area contributed by atoms with Gasteiger partial charge in [-0.05, 0) is 18.6 Å². The van der Waals surface area contributed by atoms with E-state index < -0.39 is 0 Å². The summed E-state index contributed by atoms with van der Waals surface area (Å²) >= 11 is 0. The van der Waals surface area contributed by atoms with Gasteiger partial charge in [0, 0.05) is 11.5 Å². The normalized spacial score (nSPS) is 17.4. The largest absolute Gasteiger partial charge is 0.489 e. The van der Waals surface area contributed by atoms with Gasteiger partial charge in [-0.15, -0.1) is 0 Å². The number of hydrogen-bond acceptors (Lipinski definition) is 3. The molecule has 0 N–H and O–H groups in total. The van der Waals surface area contributed by atoms with E-state index in [0.29, 0.717) is 24.5 Å². The van der Waals surface area contributed by atoms with Gasteiger partial charge in [0.15, 0.2) is 11.5 Å². The van der Waals surface area contributed by atoms with Crippen LogP contribution in [0.4, 0.5) is 0 Å². The topological polar surface area (TPSA) is 42.2 Å². The summed E-state index contributed by atoms with van der Waals surface area (Å²) < 4.78 is 11.4. The number of hydrogen-bond donors (Lipinski definition) is 0. The van der Waals surface area contributed by atoms with Crippen molar-refractivity contribution < 1.29 is 9.47 Å². The first-order valence-electron chi connectivity index (χ1n) is 5.32. The highest BCUT2D eigenvalue weighted by atomic mass is 16.5. The lowest BCUT2D eigenvalue weighted by Gasteiger charge is -2.19. The standard InChI is InChI=1S/C13H15NO2/c1-9-4-11-12(5-10(9)6-14)16-8-13(2,3)7-15-11/h4-5H,7-8H2,1-3H3. The fourth-order valence-corrected chi connectivity index (χ4v) is 1.60. The molecule has 0 amide bonds. The Morgan fingerprint density at radius 2 is 1.75 bits per heavy atom. The Labute approximate surface area is 95.6 Å². The van der Waals surface area contributed by atoms with Gasteiger partial charge in [-0.2, -0.15) is 5.26 Å². The van der Waals surface area contributed by atoms with Crippen LogP contribution < -0.4 is 9.47 Å². The van der Waals surface area contributed by atoms with Crippen LogP contribution in [0.2, 0.25) is 0 Å². The highest BCUT2D eigenvalue weighted by Crippen LogP contribution is 2.35. The summed E-state index contributed by atoms with van der Waals surface area (Å²) in [7, 11) is 0. The zero-order valence-electron chi connectivity index (χ0n) is 9.83. The molecule has 1 heterocycles. The van der Waals surface area contributed by atoms with Crippen molar-refractivity contribution in [1.29, 1.82) is 5.26 Å². The van der Waals surface area contributed by atoms with Gasteiger partial charge in [-0.3, -0.25) is 0 Å². The summed E-state index contributed by atoms with van der Waals surface area (Å²) in [6.07, 6.45) is 0. The molecule has 0 fully saturated rings. The molecule has 1 aliphatic rings. The Morgan fingerprint density at radius 3 is 2.31 bits per heavy atom. The van der Waals surface area contributed by atoms with E-state index in [1.807, 2.05) is 13.0 Å². The maximum atomic E-state index is 8.95. The number of benzene rings is 1. The Morgan fingerprint density at radius 1 is 1.19 bits per heavy atom. The summed E-state index contributed by atoms with van der Waals surface area (Å²) in [4.78, 5) is 0. The molecule has 1 aromatic rings. The van der Waals surface area contributed by atoms with Gasteiger partial charge in [0.05, 0.1) is 24.8 Å². The van der Waals surface area contributed by atoms with Gasteiger partial charge in [0.1, 0.15) is 0 Å². The Balaban J connectivity index is 2.40. The second-order valence-corrected chi connectivity index (χ2v) is 4.97. The minimum absolute atomic E-state index is 0.000267. The molecule has 0 saturated heterocycles. The van der Waals surface area contributed by atoms with E-state index in [0.717, 1.165) is 11.3 Å². The van der Waals surface area contributed by atoms with Crippen LogP contribution in [0.1, 0.15) is 25.0 Å². The predicted octanol–water partition coefficient (Wildman–Crippen LogP) is 2.66. The fraction of sp³-hybridized carbons (Fsp3) is 0.462. The van der Waals surface area contributed by atoms with Crippen molar-refractivity contribution in [2.45, 2.75) is 20.8 Å². The van der Waals surface area contributed by atoms with E-state index in [2.05, 4.69) is 19.9 Å². The average molecular weight is 217 g/mol. The maximum Gasteiger partial charge on any atom is 0.162 e. The second kappa shape index (κ2) is 3.71. The minimum atomic E-state index is -0.000267. The van der Waals surface area contributed by atoms with Gasteiger partial charge in [-0.25, -0.2) is 0 Å². The highest BCUT2D eigenvalue weighted by Gasteiger charge is 2.25. The third kappa shape index (κ3) is 1.96. The molecule has 0 aromatic heterocycles. The van der Waals surface area contributed by atoms with E-state index in [1.54, 1.807) is 6.07 Å². The molecule has 1 aliphatic heterocycles.